The lowest BCUT2D eigenvalue weighted by Crippen LogP contribution is -2.34. The largest absolute Gasteiger partial charge is 0.479 e. The predicted molar refractivity (Wildman–Crippen MR) is 122 cm³/mol. The van der Waals surface area contributed by atoms with Crippen LogP contribution in [0.3, 0.4) is 0 Å². The van der Waals surface area contributed by atoms with Gasteiger partial charge in [-0.15, -0.1) is 0 Å². The van der Waals surface area contributed by atoms with Gasteiger partial charge >= 0.3 is 6.03 Å². The molecule has 0 saturated carbocycles. The molecule has 32 heavy (non-hydrogen) atoms. The molecule has 162 valence electrons. The maximum Gasteiger partial charge on any atom is 0.315 e. The van der Waals surface area contributed by atoms with E-state index in [-0.39, 0.29) is 18.5 Å². The molecular formula is C25H24N4O3. The van der Waals surface area contributed by atoms with Crippen LogP contribution >= 0.6 is 0 Å². The Balaban J connectivity index is 1.48. The topological polar surface area (TPSA) is 103 Å². The molecule has 0 aromatic heterocycles. The van der Waals surface area contributed by atoms with Crippen LogP contribution in [-0.4, -0.2) is 18.5 Å². The first-order valence-electron chi connectivity index (χ1n) is 10.1. The second kappa shape index (κ2) is 11.2. The molecule has 0 spiro atoms. The van der Waals surface area contributed by atoms with Crippen LogP contribution < -0.4 is 20.7 Å². The molecule has 0 aliphatic rings. The minimum Gasteiger partial charge on any atom is -0.479 e. The Labute approximate surface area is 187 Å². The first-order valence-corrected chi connectivity index (χ1v) is 10.1. The van der Waals surface area contributed by atoms with Crippen LogP contribution in [0.5, 0.6) is 5.75 Å². The normalized spacial score (nSPS) is 10.0. The quantitative estimate of drug-likeness (QED) is 0.501. The van der Waals surface area contributed by atoms with Crippen molar-refractivity contribution in [3.63, 3.8) is 0 Å². The Hall–Kier alpha value is -4.31. The third kappa shape index (κ3) is 6.89. The van der Waals surface area contributed by atoms with E-state index in [1.807, 2.05) is 49.4 Å². The lowest BCUT2D eigenvalue weighted by molar-refractivity contribution is 0.102. The van der Waals surface area contributed by atoms with Crippen molar-refractivity contribution in [1.29, 1.82) is 5.26 Å². The first-order chi connectivity index (χ1) is 15.5. The molecule has 0 fully saturated rings. The number of rotatable bonds is 8. The molecule has 0 aliphatic carbocycles. The molecule has 3 N–H and O–H groups in total. The standard InChI is InChI=1S/C25H24N4O3/c1-18-8-10-21(11-9-18)24(30)29-22-6-2-4-19(14-22)16-27-25(31)28-17-20-5-3-7-23(15-20)32-13-12-26/h2-11,14-15H,13,16-17H2,1H3,(H,29,30)(H2,27,28,31). The van der Waals surface area contributed by atoms with Gasteiger partial charge in [-0.05, 0) is 54.4 Å². The van der Waals surface area contributed by atoms with E-state index < -0.39 is 0 Å². The van der Waals surface area contributed by atoms with Crippen molar-refractivity contribution < 1.29 is 14.3 Å². The van der Waals surface area contributed by atoms with Crippen LogP contribution in [0.25, 0.3) is 0 Å². The number of carbonyl (C=O) groups is 2. The highest BCUT2D eigenvalue weighted by atomic mass is 16.5. The number of ether oxygens (including phenoxy) is 1. The van der Waals surface area contributed by atoms with E-state index in [1.165, 1.54) is 0 Å². The van der Waals surface area contributed by atoms with Crippen LogP contribution in [0.15, 0.2) is 72.8 Å². The predicted octanol–water partition coefficient (Wildman–Crippen LogP) is 4.15. The SMILES string of the molecule is Cc1ccc(C(=O)Nc2cccc(CNC(=O)NCc3cccc(OCC#N)c3)c2)cc1. The summed E-state index contributed by atoms with van der Waals surface area (Å²) in [5, 5.41) is 17.0. The number of benzene rings is 3. The van der Waals surface area contributed by atoms with Crippen molar-refractivity contribution in [3.8, 4) is 11.8 Å². The van der Waals surface area contributed by atoms with Crippen LogP contribution in [0.2, 0.25) is 0 Å². The summed E-state index contributed by atoms with van der Waals surface area (Å²) >= 11 is 0. The molecule has 0 radical (unpaired) electrons. The minimum absolute atomic E-state index is 0.0259. The third-order valence-corrected chi connectivity index (χ3v) is 4.61. The highest BCUT2D eigenvalue weighted by Crippen LogP contribution is 2.14. The molecule has 0 unspecified atom stereocenters. The van der Waals surface area contributed by atoms with Gasteiger partial charge in [-0.2, -0.15) is 5.26 Å². The van der Waals surface area contributed by atoms with Crippen LogP contribution in [0.4, 0.5) is 10.5 Å². The lowest BCUT2D eigenvalue weighted by Gasteiger charge is -2.10. The Morgan fingerprint density at radius 1 is 0.906 bits per heavy atom. The summed E-state index contributed by atoms with van der Waals surface area (Å²) < 4.78 is 5.26. The van der Waals surface area contributed by atoms with Gasteiger partial charge in [0.2, 0.25) is 0 Å². The molecule has 0 atom stereocenters. The number of hydrogen-bond donors (Lipinski definition) is 3. The second-order valence-corrected chi connectivity index (χ2v) is 7.15. The summed E-state index contributed by atoms with van der Waals surface area (Å²) in [6.07, 6.45) is 0. The third-order valence-electron chi connectivity index (χ3n) is 4.61. The van der Waals surface area contributed by atoms with Gasteiger partial charge in [0, 0.05) is 24.3 Å². The fraction of sp³-hybridized carbons (Fsp3) is 0.160. The van der Waals surface area contributed by atoms with Crippen molar-refractivity contribution in [1.82, 2.24) is 10.6 Å². The highest BCUT2D eigenvalue weighted by Gasteiger charge is 2.07. The number of anilines is 1. The zero-order valence-electron chi connectivity index (χ0n) is 17.7. The second-order valence-electron chi connectivity index (χ2n) is 7.15. The van der Waals surface area contributed by atoms with E-state index in [0.29, 0.717) is 30.1 Å². The van der Waals surface area contributed by atoms with Gasteiger partial charge in [0.05, 0.1) is 0 Å². The van der Waals surface area contributed by atoms with Gasteiger partial charge < -0.3 is 20.7 Å². The van der Waals surface area contributed by atoms with Gasteiger partial charge in [0.15, 0.2) is 6.61 Å². The van der Waals surface area contributed by atoms with Crippen LogP contribution in [0.1, 0.15) is 27.0 Å². The summed E-state index contributed by atoms with van der Waals surface area (Å²) in [4.78, 5) is 24.5. The van der Waals surface area contributed by atoms with Crippen LogP contribution in [-0.2, 0) is 13.1 Å². The maximum absolute atomic E-state index is 12.4. The monoisotopic (exact) mass is 428 g/mol. The zero-order valence-corrected chi connectivity index (χ0v) is 17.7. The van der Waals surface area contributed by atoms with Crippen molar-refractivity contribution in [2.24, 2.45) is 0 Å². The summed E-state index contributed by atoms with van der Waals surface area (Å²) in [6.45, 7) is 2.58. The lowest BCUT2D eigenvalue weighted by atomic mass is 10.1. The summed E-state index contributed by atoms with van der Waals surface area (Å²) in [6, 6.07) is 23.5. The van der Waals surface area contributed by atoms with Crippen LogP contribution in [0, 0.1) is 18.3 Å². The van der Waals surface area contributed by atoms with Gasteiger partial charge in [-0.3, -0.25) is 4.79 Å². The molecule has 3 aromatic rings. The molecule has 7 heteroatoms. The summed E-state index contributed by atoms with van der Waals surface area (Å²) in [7, 11) is 0. The summed E-state index contributed by atoms with van der Waals surface area (Å²) in [5.74, 6) is 0.393. The number of nitrogens with zero attached hydrogens (tertiary/aromatic N) is 1. The molecule has 0 bridgehead atoms. The fourth-order valence-corrected chi connectivity index (χ4v) is 2.96. The highest BCUT2D eigenvalue weighted by molar-refractivity contribution is 6.04. The number of nitriles is 1. The Morgan fingerprint density at radius 3 is 2.25 bits per heavy atom. The average molecular weight is 428 g/mol. The van der Waals surface area contributed by atoms with Crippen molar-refractivity contribution in [2.75, 3.05) is 11.9 Å². The Morgan fingerprint density at radius 2 is 1.56 bits per heavy atom. The average Bonchev–Trinajstić information content (AvgIpc) is 2.81. The molecule has 0 saturated heterocycles. The van der Waals surface area contributed by atoms with E-state index in [4.69, 9.17) is 10.00 Å². The maximum atomic E-state index is 12.4. The van der Waals surface area contributed by atoms with E-state index in [9.17, 15) is 9.59 Å². The summed E-state index contributed by atoms with van der Waals surface area (Å²) in [5.41, 5.74) is 4.04. The molecule has 3 aromatic carbocycles. The smallest absolute Gasteiger partial charge is 0.315 e. The number of urea groups is 1. The number of amides is 3. The van der Waals surface area contributed by atoms with Crippen molar-refractivity contribution in [3.05, 3.63) is 95.1 Å². The molecule has 0 heterocycles. The molecule has 0 aliphatic heterocycles. The molecule has 3 amide bonds. The number of hydrogen-bond acceptors (Lipinski definition) is 4. The van der Waals surface area contributed by atoms with E-state index >= 15 is 0 Å². The van der Waals surface area contributed by atoms with Gasteiger partial charge in [-0.25, -0.2) is 4.79 Å². The molecular weight excluding hydrogens is 404 g/mol. The van der Waals surface area contributed by atoms with Gasteiger partial charge in [-0.1, -0.05) is 42.0 Å². The Bertz CT molecular complexity index is 1120. The van der Waals surface area contributed by atoms with Crippen molar-refractivity contribution in [2.45, 2.75) is 20.0 Å². The Kier molecular flexibility index (Phi) is 7.82. The fourth-order valence-electron chi connectivity index (χ4n) is 2.96. The van der Waals surface area contributed by atoms with E-state index in [1.54, 1.807) is 36.4 Å². The zero-order chi connectivity index (χ0) is 22.8. The van der Waals surface area contributed by atoms with Gasteiger partial charge in [0.1, 0.15) is 11.8 Å². The van der Waals surface area contributed by atoms with Crippen molar-refractivity contribution >= 4 is 17.6 Å². The number of nitrogens with one attached hydrogen (secondary N) is 3. The molecule has 3 rings (SSSR count). The number of carbonyl (C=O) groups excluding carboxylic acids is 2. The van der Waals surface area contributed by atoms with E-state index in [2.05, 4.69) is 16.0 Å². The molecule has 7 nitrogen and oxygen atoms in total. The van der Waals surface area contributed by atoms with E-state index in [0.717, 1.165) is 16.7 Å². The van der Waals surface area contributed by atoms with Gasteiger partial charge in [0.25, 0.3) is 5.91 Å². The minimum atomic E-state index is -0.317. The first kappa shape index (κ1) is 22.4. The number of aryl methyl sites for hydroxylation is 1.